The molecule has 1 atom stereocenters. The van der Waals surface area contributed by atoms with Crippen molar-refractivity contribution in [2.24, 2.45) is 0 Å². The van der Waals surface area contributed by atoms with Gasteiger partial charge in [0, 0.05) is 6.20 Å². The van der Waals surface area contributed by atoms with Crippen LogP contribution < -0.4 is 0 Å². The van der Waals surface area contributed by atoms with Crippen molar-refractivity contribution in [2.45, 2.75) is 19.3 Å². The average Bonchev–Trinajstić information content (AvgIpc) is 2.15. The van der Waals surface area contributed by atoms with Crippen LogP contribution in [-0.4, -0.2) is 27.1 Å². The van der Waals surface area contributed by atoms with E-state index < -0.39 is 24.3 Å². The second-order valence-corrected chi connectivity index (χ2v) is 3.25. The zero-order valence-corrected chi connectivity index (χ0v) is 8.17. The number of carboxylic acids is 2. The third kappa shape index (κ3) is 3.05. The first-order valence-corrected chi connectivity index (χ1v) is 4.38. The van der Waals surface area contributed by atoms with Crippen LogP contribution >= 0.6 is 0 Å². The molecule has 0 aliphatic heterocycles. The minimum atomic E-state index is -1.17. The number of carboxylic acid groups (broad SMARTS) is 2. The Morgan fingerprint density at radius 2 is 2.07 bits per heavy atom. The first-order valence-electron chi connectivity index (χ1n) is 4.38. The molecule has 1 heterocycles. The molecule has 0 aromatic carbocycles. The van der Waals surface area contributed by atoms with Gasteiger partial charge >= 0.3 is 11.9 Å². The lowest BCUT2D eigenvalue weighted by Gasteiger charge is -2.08. The Balaban J connectivity index is 2.94. The van der Waals surface area contributed by atoms with Gasteiger partial charge in [-0.1, -0.05) is 6.07 Å². The Labute approximate surface area is 86.4 Å². The minimum absolute atomic E-state index is 0.274. The molecule has 5 nitrogen and oxygen atoms in total. The Hall–Kier alpha value is -1.91. The highest BCUT2D eigenvalue weighted by Crippen LogP contribution is 2.17. The lowest BCUT2D eigenvalue weighted by Crippen LogP contribution is -2.17. The van der Waals surface area contributed by atoms with Crippen LogP contribution in [0.5, 0.6) is 0 Å². The van der Waals surface area contributed by atoms with Gasteiger partial charge in [-0.05, 0) is 18.6 Å². The molecule has 0 amide bonds. The number of hydrogen-bond acceptors (Lipinski definition) is 3. The zero-order chi connectivity index (χ0) is 11.4. The fraction of sp³-hybridized carbons (Fsp3) is 0.300. The molecule has 80 valence electrons. The molecule has 0 spiro atoms. The molecular formula is C10H11NO4. The Bertz CT molecular complexity index is 372. The van der Waals surface area contributed by atoms with Crippen LogP contribution in [0.1, 0.15) is 23.6 Å². The molecule has 1 aromatic rings. The van der Waals surface area contributed by atoms with Crippen LogP contribution in [0.15, 0.2) is 18.3 Å². The summed E-state index contributed by atoms with van der Waals surface area (Å²) < 4.78 is 0. The largest absolute Gasteiger partial charge is 0.481 e. The molecule has 0 bridgehead atoms. The highest BCUT2D eigenvalue weighted by molar-refractivity contribution is 5.81. The van der Waals surface area contributed by atoms with Gasteiger partial charge in [-0.25, -0.2) is 0 Å². The predicted molar refractivity (Wildman–Crippen MR) is 51.6 cm³/mol. The van der Waals surface area contributed by atoms with E-state index in [9.17, 15) is 9.59 Å². The van der Waals surface area contributed by atoms with Gasteiger partial charge in [-0.2, -0.15) is 0 Å². The molecule has 0 saturated heterocycles. The maximum Gasteiger partial charge on any atom is 0.313 e. The fourth-order valence-electron chi connectivity index (χ4n) is 1.18. The van der Waals surface area contributed by atoms with Crippen molar-refractivity contribution < 1.29 is 19.8 Å². The van der Waals surface area contributed by atoms with Crippen LogP contribution in [0.3, 0.4) is 0 Å². The van der Waals surface area contributed by atoms with Crippen molar-refractivity contribution >= 4 is 11.9 Å². The second kappa shape index (κ2) is 4.54. The van der Waals surface area contributed by atoms with Gasteiger partial charge in [0.15, 0.2) is 0 Å². The van der Waals surface area contributed by atoms with Gasteiger partial charge in [0.05, 0.1) is 12.1 Å². The van der Waals surface area contributed by atoms with Crippen LogP contribution in [-0.2, 0) is 9.59 Å². The fourth-order valence-corrected chi connectivity index (χ4v) is 1.18. The van der Waals surface area contributed by atoms with Crippen LogP contribution in [0.2, 0.25) is 0 Å². The lowest BCUT2D eigenvalue weighted by molar-refractivity contribution is -0.145. The molecule has 1 aromatic heterocycles. The Kier molecular flexibility index (Phi) is 3.38. The number of pyridine rings is 1. The van der Waals surface area contributed by atoms with Crippen molar-refractivity contribution in [3.8, 4) is 0 Å². The summed E-state index contributed by atoms with van der Waals surface area (Å²) in [5, 5.41) is 17.4. The van der Waals surface area contributed by atoms with E-state index in [0.717, 1.165) is 5.56 Å². The standard InChI is InChI=1S/C10H11NO4/c1-6-2-3-8(11-5-6)7(10(14)15)4-9(12)13/h2-3,5,7H,4H2,1H3,(H,12,13)(H,14,15). The van der Waals surface area contributed by atoms with Crippen LogP contribution in [0.4, 0.5) is 0 Å². The van der Waals surface area contributed by atoms with Gasteiger partial charge in [0.2, 0.25) is 0 Å². The van der Waals surface area contributed by atoms with E-state index in [-0.39, 0.29) is 5.69 Å². The first-order chi connectivity index (χ1) is 7.00. The molecule has 0 aliphatic carbocycles. The maximum absolute atomic E-state index is 10.8. The molecule has 0 fully saturated rings. The Morgan fingerprint density at radius 3 is 2.47 bits per heavy atom. The summed E-state index contributed by atoms with van der Waals surface area (Å²) in [7, 11) is 0. The summed E-state index contributed by atoms with van der Waals surface area (Å²) in [5.41, 5.74) is 1.17. The predicted octanol–water partition coefficient (Wildman–Crippen LogP) is 1.03. The van der Waals surface area contributed by atoms with Gasteiger partial charge in [-0.3, -0.25) is 14.6 Å². The summed E-state index contributed by atoms with van der Waals surface area (Å²) in [6.45, 7) is 1.82. The van der Waals surface area contributed by atoms with E-state index >= 15 is 0 Å². The van der Waals surface area contributed by atoms with Gasteiger partial charge < -0.3 is 10.2 Å². The molecule has 2 N–H and O–H groups in total. The van der Waals surface area contributed by atoms with Crippen LogP contribution in [0, 0.1) is 6.92 Å². The summed E-state index contributed by atoms with van der Waals surface area (Å²) in [4.78, 5) is 25.2. The molecule has 15 heavy (non-hydrogen) atoms. The monoisotopic (exact) mass is 209 g/mol. The van der Waals surface area contributed by atoms with Gasteiger partial charge in [0.1, 0.15) is 5.92 Å². The van der Waals surface area contributed by atoms with Crippen molar-refractivity contribution in [1.82, 2.24) is 4.98 Å². The molecule has 1 unspecified atom stereocenters. The summed E-state index contributed by atoms with van der Waals surface area (Å²) in [5.74, 6) is -3.40. The van der Waals surface area contributed by atoms with Crippen LogP contribution in [0.25, 0.3) is 0 Å². The second-order valence-electron chi connectivity index (χ2n) is 3.25. The van der Waals surface area contributed by atoms with E-state index in [1.807, 2.05) is 6.92 Å². The quantitative estimate of drug-likeness (QED) is 0.773. The van der Waals surface area contributed by atoms with E-state index in [2.05, 4.69) is 4.98 Å². The number of rotatable bonds is 4. The molecule has 1 rings (SSSR count). The van der Waals surface area contributed by atoms with Gasteiger partial charge in [0.25, 0.3) is 0 Å². The van der Waals surface area contributed by atoms with Crippen molar-refractivity contribution in [3.05, 3.63) is 29.6 Å². The maximum atomic E-state index is 10.8. The molecule has 5 heteroatoms. The molecule has 0 aliphatic rings. The number of carbonyl (C=O) groups is 2. The van der Waals surface area contributed by atoms with E-state index in [1.165, 1.54) is 12.3 Å². The SMILES string of the molecule is Cc1ccc(C(CC(=O)O)C(=O)O)nc1. The topological polar surface area (TPSA) is 87.5 Å². The highest BCUT2D eigenvalue weighted by Gasteiger charge is 2.23. The lowest BCUT2D eigenvalue weighted by atomic mass is 10.0. The number of aryl methyl sites for hydroxylation is 1. The average molecular weight is 209 g/mol. The van der Waals surface area contributed by atoms with Crippen molar-refractivity contribution in [1.29, 1.82) is 0 Å². The third-order valence-electron chi connectivity index (χ3n) is 1.97. The number of aromatic nitrogens is 1. The zero-order valence-electron chi connectivity index (χ0n) is 8.17. The van der Waals surface area contributed by atoms with E-state index in [4.69, 9.17) is 10.2 Å². The summed E-state index contributed by atoms with van der Waals surface area (Å²) in [6, 6.07) is 3.25. The number of aliphatic carboxylic acids is 2. The number of hydrogen-bond donors (Lipinski definition) is 2. The third-order valence-corrected chi connectivity index (χ3v) is 1.97. The highest BCUT2D eigenvalue weighted by atomic mass is 16.4. The smallest absolute Gasteiger partial charge is 0.313 e. The summed E-state index contributed by atoms with van der Waals surface area (Å²) >= 11 is 0. The molecule has 0 saturated carbocycles. The normalized spacial score (nSPS) is 12.1. The molecular weight excluding hydrogens is 198 g/mol. The van der Waals surface area contributed by atoms with E-state index in [0.29, 0.717) is 0 Å². The minimum Gasteiger partial charge on any atom is -0.481 e. The first kappa shape index (κ1) is 11.2. The molecule has 0 radical (unpaired) electrons. The van der Waals surface area contributed by atoms with Crippen molar-refractivity contribution in [3.63, 3.8) is 0 Å². The van der Waals surface area contributed by atoms with Gasteiger partial charge in [-0.15, -0.1) is 0 Å². The number of nitrogens with zero attached hydrogens (tertiary/aromatic N) is 1. The summed E-state index contributed by atoms with van der Waals surface area (Å²) in [6.07, 6.45) is 1.07. The van der Waals surface area contributed by atoms with E-state index in [1.54, 1.807) is 6.07 Å². The van der Waals surface area contributed by atoms with Crippen molar-refractivity contribution in [2.75, 3.05) is 0 Å². The Morgan fingerprint density at radius 1 is 1.40 bits per heavy atom.